The second-order valence-electron chi connectivity index (χ2n) is 7.27. The normalized spacial score (nSPS) is 16.4. The van der Waals surface area contributed by atoms with Crippen LogP contribution in [0.4, 0.5) is 0 Å². The largest absolute Gasteiger partial charge is 0.481 e. The minimum absolute atomic E-state index is 0.0538. The maximum Gasteiger partial charge on any atom is 0.306 e. The highest BCUT2D eigenvalue weighted by atomic mass is 16.4. The average molecular weight is 347 g/mol. The summed E-state index contributed by atoms with van der Waals surface area (Å²) in [7, 11) is 0. The van der Waals surface area contributed by atoms with Crippen LogP contribution >= 0.6 is 0 Å². The van der Waals surface area contributed by atoms with Crippen LogP contribution in [0.15, 0.2) is 36.5 Å². The van der Waals surface area contributed by atoms with Crippen molar-refractivity contribution in [3.8, 4) is 0 Å². The molecule has 0 aliphatic heterocycles. The average Bonchev–Trinajstić information content (AvgIpc) is 3.42. The summed E-state index contributed by atoms with van der Waals surface area (Å²) in [5, 5.41) is 9.20. The van der Waals surface area contributed by atoms with Gasteiger partial charge in [-0.3, -0.25) is 4.79 Å². The van der Waals surface area contributed by atoms with E-state index < -0.39 is 5.97 Å². The summed E-state index contributed by atoms with van der Waals surface area (Å²) in [6, 6.07) is 0. The summed E-state index contributed by atoms with van der Waals surface area (Å²) >= 11 is 0. The molecule has 0 heterocycles. The van der Waals surface area contributed by atoms with Gasteiger partial charge in [-0.2, -0.15) is 0 Å². The van der Waals surface area contributed by atoms with Gasteiger partial charge in [0.2, 0.25) is 0 Å². The molecule has 1 rings (SSSR count). The lowest BCUT2D eigenvalue weighted by Crippen LogP contribution is -2.15. The van der Waals surface area contributed by atoms with Gasteiger partial charge in [0.15, 0.2) is 0 Å². The molecule has 0 spiro atoms. The molecule has 1 atom stereocenters. The van der Waals surface area contributed by atoms with E-state index in [1.807, 2.05) is 0 Å². The molecule has 1 N–H and O–H groups in total. The van der Waals surface area contributed by atoms with Gasteiger partial charge in [-0.25, -0.2) is 0 Å². The van der Waals surface area contributed by atoms with E-state index in [0.29, 0.717) is 5.92 Å². The third-order valence-corrected chi connectivity index (χ3v) is 4.92. The lowest BCUT2D eigenvalue weighted by atomic mass is 9.96. The number of hydrogen-bond donors (Lipinski definition) is 1. The molecule has 0 saturated heterocycles. The predicted octanol–water partition coefficient (Wildman–Crippen LogP) is 7.08. The Kier molecular flexibility index (Phi) is 13.0. The van der Waals surface area contributed by atoms with Crippen LogP contribution in [-0.2, 0) is 4.79 Å². The summed E-state index contributed by atoms with van der Waals surface area (Å²) in [5.74, 6) is -0.129. The van der Waals surface area contributed by atoms with Crippen LogP contribution < -0.4 is 0 Å². The lowest BCUT2D eigenvalue weighted by Gasteiger charge is -2.10. The minimum Gasteiger partial charge on any atom is -0.481 e. The van der Waals surface area contributed by atoms with Gasteiger partial charge in [0.25, 0.3) is 0 Å². The maximum atomic E-state index is 11.2. The van der Waals surface area contributed by atoms with E-state index in [4.69, 9.17) is 0 Å². The summed E-state index contributed by atoms with van der Waals surface area (Å²) in [6.07, 6.45) is 28.4. The number of carboxylic acid groups (broad SMARTS) is 1. The molecule has 1 aliphatic rings. The third-order valence-electron chi connectivity index (χ3n) is 4.92. The molecule has 0 aromatic rings. The van der Waals surface area contributed by atoms with Gasteiger partial charge in [0, 0.05) is 0 Å². The van der Waals surface area contributed by atoms with Crippen molar-refractivity contribution in [2.75, 3.05) is 0 Å². The van der Waals surface area contributed by atoms with Crippen molar-refractivity contribution in [1.29, 1.82) is 0 Å². The fourth-order valence-electron chi connectivity index (χ4n) is 3.22. The van der Waals surface area contributed by atoms with Crippen LogP contribution in [0.2, 0.25) is 0 Å². The van der Waals surface area contributed by atoms with Crippen molar-refractivity contribution < 1.29 is 9.90 Å². The van der Waals surface area contributed by atoms with Crippen LogP contribution in [0, 0.1) is 11.8 Å². The maximum absolute atomic E-state index is 11.2. The summed E-state index contributed by atoms with van der Waals surface area (Å²) in [6.45, 7) is 2.16. The minimum atomic E-state index is -0.568. The first-order valence-electron chi connectivity index (χ1n) is 10.4. The number of rotatable bonds is 16. The van der Waals surface area contributed by atoms with Crippen molar-refractivity contribution in [3.05, 3.63) is 36.5 Å². The van der Waals surface area contributed by atoms with Crippen LogP contribution in [-0.4, -0.2) is 11.1 Å². The van der Waals surface area contributed by atoms with Gasteiger partial charge in [-0.05, 0) is 57.3 Å². The molecule has 2 nitrogen and oxygen atoms in total. The van der Waals surface area contributed by atoms with E-state index >= 15 is 0 Å². The third kappa shape index (κ3) is 12.7. The van der Waals surface area contributed by atoms with Gasteiger partial charge in [0.05, 0.1) is 5.92 Å². The highest BCUT2D eigenvalue weighted by Gasteiger charge is 2.35. The van der Waals surface area contributed by atoms with Gasteiger partial charge in [0.1, 0.15) is 0 Å². The highest BCUT2D eigenvalue weighted by Crippen LogP contribution is 2.39. The number of carbonyl (C=O) groups is 1. The number of carboxylic acids is 1. The van der Waals surface area contributed by atoms with Crippen LogP contribution in [0.1, 0.15) is 90.4 Å². The zero-order valence-corrected chi connectivity index (χ0v) is 16.2. The predicted molar refractivity (Wildman–Crippen MR) is 108 cm³/mol. The zero-order chi connectivity index (χ0) is 18.2. The lowest BCUT2D eigenvalue weighted by molar-refractivity contribution is -0.142. The van der Waals surface area contributed by atoms with Gasteiger partial charge >= 0.3 is 5.97 Å². The zero-order valence-electron chi connectivity index (χ0n) is 16.2. The second-order valence-corrected chi connectivity index (χ2v) is 7.27. The van der Waals surface area contributed by atoms with Crippen LogP contribution in [0.3, 0.4) is 0 Å². The SMILES string of the molecule is CCC=CCC=CCC=CCCCCCCCCC(C(=O)O)C1CC1. The Labute approximate surface area is 155 Å². The summed E-state index contributed by atoms with van der Waals surface area (Å²) < 4.78 is 0. The number of unbranched alkanes of at least 4 members (excludes halogenated alkanes) is 6. The Hall–Kier alpha value is -1.31. The molecule has 0 aromatic heterocycles. The Balaban J connectivity index is 1.84. The summed E-state index contributed by atoms with van der Waals surface area (Å²) in [4.78, 5) is 11.2. The van der Waals surface area contributed by atoms with Crippen LogP contribution in [0.5, 0.6) is 0 Å². The molecular weight excluding hydrogens is 308 g/mol. The Morgan fingerprint density at radius 1 is 0.880 bits per heavy atom. The number of allylic oxidation sites excluding steroid dienone is 6. The second kappa shape index (κ2) is 15.0. The quantitative estimate of drug-likeness (QED) is 0.239. The van der Waals surface area contributed by atoms with E-state index in [1.54, 1.807) is 0 Å². The van der Waals surface area contributed by atoms with Crippen molar-refractivity contribution >= 4 is 5.97 Å². The van der Waals surface area contributed by atoms with Gasteiger partial charge in [-0.15, -0.1) is 0 Å². The molecule has 0 amide bonds. The van der Waals surface area contributed by atoms with Gasteiger partial charge in [-0.1, -0.05) is 75.5 Å². The first kappa shape index (κ1) is 21.7. The fourth-order valence-corrected chi connectivity index (χ4v) is 3.22. The molecule has 1 aliphatic carbocycles. The number of aliphatic carboxylic acids is 1. The van der Waals surface area contributed by atoms with Crippen molar-refractivity contribution in [2.24, 2.45) is 11.8 Å². The Morgan fingerprint density at radius 2 is 1.44 bits per heavy atom. The fraction of sp³-hybridized carbons (Fsp3) is 0.696. The monoisotopic (exact) mass is 346 g/mol. The van der Waals surface area contributed by atoms with E-state index in [0.717, 1.165) is 44.9 Å². The first-order chi connectivity index (χ1) is 12.3. The smallest absolute Gasteiger partial charge is 0.306 e. The van der Waals surface area contributed by atoms with E-state index in [9.17, 15) is 9.90 Å². The van der Waals surface area contributed by atoms with E-state index in [-0.39, 0.29) is 5.92 Å². The number of hydrogen-bond acceptors (Lipinski definition) is 1. The van der Waals surface area contributed by atoms with Gasteiger partial charge < -0.3 is 5.11 Å². The molecule has 25 heavy (non-hydrogen) atoms. The molecule has 0 radical (unpaired) electrons. The molecular formula is C23H38O2. The van der Waals surface area contributed by atoms with E-state index in [1.165, 1.54) is 38.5 Å². The molecule has 1 fully saturated rings. The molecule has 0 bridgehead atoms. The topological polar surface area (TPSA) is 37.3 Å². The molecule has 2 heteroatoms. The van der Waals surface area contributed by atoms with Crippen molar-refractivity contribution in [2.45, 2.75) is 90.4 Å². The van der Waals surface area contributed by atoms with Crippen molar-refractivity contribution in [1.82, 2.24) is 0 Å². The van der Waals surface area contributed by atoms with E-state index in [2.05, 4.69) is 43.4 Å². The molecule has 1 unspecified atom stereocenters. The summed E-state index contributed by atoms with van der Waals surface area (Å²) in [5.41, 5.74) is 0. The Bertz CT molecular complexity index is 416. The Morgan fingerprint density at radius 3 is 2.04 bits per heavy atom. The molecule has 142 valence electrons. The molecule has 0 aromatic carbocycles. The molecule has 1 saturated carbocycles. The first-order valence-corrected chi connectivity index (χ1v) is 10.4. The standard InChI is InChI=1S/C23H38O2/c1-2-3-4-5-6-7-8-9-10-11-12-13-14-15-16-17-18-22(23(24)25)21-19-20-21/h3-4,6-7,9-10,21-22H,2,5,8,11-20H2,1H3,(H,24,25). The highest BCUT2D eigenvalue weighted by molar-refractivity contribution is 5.70. The van der Waals surface area contributed by atoms with Crippen LogP contribution in [0.25, 0.3) is 0 Å². The van der Waals surface area contributed by atoms with Crippen molar-refractivity contribution in [3.63, 3.8) is 0 Å².